The number of esters is 1. The van der Waals surface area contributed by atoms with Gasteiger partial charge in [0.25, 0.3) is 0 Å². The average Bonchev–Trinajstić information content (AvgIpc) is 2.50. The number of anilines is 2. The van der Waals surface area contributed by atoms with Crippen LogP contribution in [0.15, 0.2) is 30.3 Å². The van der Waals surface area contributed by atoms with Gasteiger partial charge in [0.1, 0.15) is 6.54 Å². The molecule has 0 radical (unpaired) electrons. The van der Waals surface area contributed by atoms with E-state index in [1.54, 1.807) is 4.90 Å². The van der Waals surface area contributed by atoms with Crippen LogP contribution in [-0.2, 0) is 9.59 Å². The Labute approximate surface area is 147 Å². The molecule has 3 rings (SSSR count). The molecule has 1 aliphatic rings. The number of amides is 1. The molecule has 1 heterocycles. The van der Waals surface area contributed by atoms with E-state index in [0.717, 1.165) is 33.6 Å². The first-order valence-corrected chi connectivity index (χ1v) is 8.27. The number of carbonyl (C=O) groups is 2. The summed E-state index contributed by atoms with van der Waals surface area (Å²) >= 11 is 0. The topological polar surface area (TPSA) is 58.6 Å². The third kappa shape index (κ3) is 3.65. The summed E-state index contributed by atoms with van der Waals surface area (Å²) in [5.74, 6) is -0.00313. The quantitative estimate of drug-likeness (QED) is 0.689. The first-order valence-electron chi connectivity index (χ1n) is 8.27. The van der Waals surface area contributed by atoms with E-state index >= 15 is 0 Å². The highest BCUT2D eigenvalue weighted by molar-refractivity contribution is 5.97. The molecule has 25 heavy (non-hydrogen) atoms. The lowest BCUT2D eigenvalue weighted by Crippen LogP contribution is -2.41. The van der Waals surface area contributed by atoms with Gasteiger partial charge in [0.05, 0.1) is 12.2 Å². The first-order chi connectivity index (χ1) is 11.8. The monoisotopic (exact) mass is 338 g/mol. The minimum atomic E-state index is -0.353. The van der Waals surface area contributed by atoms with E-state index in [-0.39, 0.29) is 25.0 Å². The van der Waals surface area contributed by atoms with Gasteiger partial charge in [0.15, 0.2) is 5.75 Å². The molecular weight excluding hydrogens is 316 g/mol. The molecule has 5 nitrogen and oxygen atoms in total. The Hall–Kier alpha value is -2.82. The van der Waals surface area contributed by atoms with Crippen LogP contribution in [0.4, 0.5) is 11.4 Å². The van der Waals surface area contributed by atoms with Crippen molar-refractivity contribution < 1.29 is 14.3 Å². The number of carbonyl (C=O) groups excluding carboxylic acids is 2. The minimum Gasteiger partial charge on any atom is -0.423 e. The SMILES string of the molecule is Cc1cc(C)c(NC(=O)CN2CC(=O)Oc3cc(C)ccc32)c(C)c1. The van der Waals surface area contributed by atoms with Gasteiger partial charge in [-0.15, -0.1) is 0 Å². The Balaban J connectivity index is 1.79. The van der Waals surface area contributed by atoms with Crippen molar-refractivity contribution in [3.63, 3.8) is 0 Å². The van der Waals surface area contributed by atoms with Crippen molar-refractivity contribution in [1.82, 2.24) is 0 Å². The molecule has 0 saturated carbocycles. The van der Waals surface area contributed by atoms with Gasteiger partial charge >= 0.3 is 5.97 Å². The maximum Gasteiger partial charge on any atom is 0.331 e. The van der Waals surface area contributed by atoms with E-state index < -0.39 is 0 Å². The Bertz CT molecular complexity index is 835. The van der Waals surface area contributed by atoms with Gasteiger partial charge in [0.2, 0.25) is 5.91 Å². The highest BCUT2D eigenvalue weighted by Gasteiger charge is 2.26. The highest BCUT2D eigenvalue weighted by Crippen LogP contribution is 2.32. The van der Waals surface area contributed by atoms with Crippen molar-refractivity contribution in [3.8, 4) is 5.75 Å². The zero-order chi connectivity index (χ0) is 18.1. The van der Waals surface area contributed by atoms with Gasteiger partial charge < -0.3 is 15.0 Å². The fourth-order valence-electron chi connectivity index (χ4n) is 3.23. The molecular formula is C20H22N2O3. The molecule has 0 spiro atoms. The van der Waals surface area contributed by atoms with Crippen LogP contribution in [0, 0.1) is 27.7 Å². The summed E-state index contributed by atoms with van der Waals surface area (Å²) < 4.78 is 5.28. The number of benzene rings is 2. The lowest BCUT2D eigenvalue weighted by atomic mass is 10.1. The van der Waals surface area contributed by atoms with Crippen LogP contribution >= 0.6 is 0 Å². The van der Waals surface area contributed by atoms with Crippen molar-refractivity contribution in [1.29, 1.82) is 0 Å². The van der Waals surface area contributed by atoms with Gasteiger partial charge in [-0.25, -0.2) is 4.79 Å². The van der Waals surface area contributed by atoms with E-state index in [0.29, 0.717) is 5.75 Å². The number of hydrogen-bond donors (Lipinski definition) is 1. The molecule has 1 amide bonds. The summed E-state index contributed by atoms with van der Waals surface area (Å²) in [6.07, 6.45) is 0. The smallest absolute Gasteiger partial charge is 0.331 e. The third-order valence-corrected chi connectivity index (χ3v) is 4.28. The number of rotatable bonds is 3. The molecule has 0 saturated heterocycles. The minimum absolute atomic E-state index is 0.0648. The van der Waals surface area contributed by atoms with E-state index in [1.165, 1.54) is 0 Å². The zero-order valence-electron chi connectivity index (χ0n) is 15.0. The number of nitrogens with one attached hydrogen (secondary N) is 1. The fraction of sp³-hybridized carbons (Fsp3) is 0.300. The molecule has 0 unspecified atom stereocenters. The van der Waals surface area contributed by atoms with Crippen LogP contribution in [0.25, 0.3) is 0 Å². The summed E-state index contributed by atoms with van der Waals surface area (Å²) in [5.41, 5.74) is 5.82. The van der Waals surface area contributed by atoms with E-state index in [9.17, 15) is 9.59 Å². The van der Waals surface area contributed by atoms with Crippen molar-refractivity contribution in [2.45, 2.75) is 27.7 Å². The summed E-state index contributed by atoms with van der Waals surface area (Å²) in [7, 11) is 0. The highest BCUT2D eigenvalue weighted by atomic mass is 16.5. The molecule has 0 aliphatic carbocycles. The lowest BCUT2D eigenvalue weighted by molar-refractivity contribution is -0.133. The van der Waals surface area contributed by atoms with Crippen LogP contribution in [-0.4, -0.2) is 25.0 Å². The van der Waals surface area contributed by atoms with Gasteiger partial charge in [0, 0.05) is 5.69 Å². The van der Waals surface area contributed by atoms with Crippen molar-refractivity contribution in [3.05, 3.63) is 52.6 Å². The number of ether oxygens (including phenoxy) is 1. The maximum absolute atomic E-state index is 12.5. The predicted octanol–water partition coefficient (Wildman–Crippen LogP) is 3.28. The Morgan fingerprint density at radius 1 is 1.08 bits per heavy atom. The average molecular weight is 338 g/mol. The maximum atomic E-state index is 12.5. The van der Waals surface area contributed by atoms with E-state index in [1.807, 2.05) is 58.0 Å². The van der Waals surface area contributed by atoms with Crippen LogP contribution < -0.4 is 15.0 Å². The van der Waals surface area contributed by atoms with Gasteiger partial charge in [-0.05, 0) is 56.5 Å². The fourth-order valence-corrected chi connectivity index (χ4v) is 3.23. The second-order valence-electron chi connectivity index (χ2n) is 6.62. The van der Waals surface area contributed by atoms with Crippen molar-refractivity contribution >= 4 is 23.3 Å². The Kier molecular flexibility index (Phi) is 4.49. The summed E-state index contributed by atoms with van der Waals surface area (Å²) in [6.45, 7) is 8.08. The number of hydrogen-bond acceptors (Lipinski definition) is 4. The Morgan fingerprint density at radius 3 is 2.44 bits per heavy atom. The second-order valence-corrected chi connectivity index (χ2v) is 6.62. The summed E-state index contributed by atoms with van der Waals surface area (Å²) in [4.78, 5) is 26.1. The summed E-state index contributed by atoms with van der Waals surface area (Å²) in [5, 5.41) is 2.98. The van der Waals surface area contributed by atoms with Crippen LogP contribution in [0.5, 0.6) is 5.75 Å². The van der Waals surface area contributed by atoms with Crippen LogP contribution in [0.3, 0.4) is 0 Å². The second kappa shape index (κ2) is 6.59. The summed E-state index contributed by atoms with van der Waals surface area (Å²) in [6, 6.07) is 9.72. The largest absolute Gasteiger partial charge is 0.423 e. The van der Waals surface area contributed by atoms with Crippen molar-refractivity contribution in [2.24, 2.45) is 0 Å². The van der Waals surface area contributed by atoms with Crippen LogP contribution in [0.2, 0.25) is 0 Å². The normalized spacial score (nSPS) is 13.3. The molecule has 130 valence electrons. The Morgan fingerprint density at radius 2 is 1.76 bits per heavy atom. The van der Waals surface area contributed by atoms with E-state index in [4.69, 9.17) is 4.74 Å². The van der Waals surface area contributed by atoms with Gasteiger partial charge in [-0.2, -0.15) is 0 Å². The van der Waals surface area contributed by atoms with Crippen LogP contribution in [0.1, 0.15) is 22.3 Å². The molecule has 0 aromatic heterocycles. The number of nitrogens with zero attached hydrogens (tertiary/aromatic N) is 1. The molecule has 0 atom stereocenters. The van der Waals surface area contributed by atoms with Gasteiger partial charge in [-0.1, -0.05) is 23.8 Å². The zero-order valence-corrected chi connectivity index (χ0v) is 15.0. The molecule has 1 N–H and O–H groups in total. The third-order valence-electron chi connectivity index (χ3n) is 4.28. The van der Waals surface area contributed by atoms with E-state index in [2.05, 4.69) is 5.32 Å². The molecule has 5 heteroatoms. The predicted molar refractivity (Wildman–Crippen MR) is 98.3 cm³/mol. The molecule has 2 aromatic carbocycles. The molecule has 1 aliphatic heterocycles. The standard InChI is InChI=1S/C20H22N2O3/c1-12-5-6-16-17(9-12)25-19(24)11-22(16)10-18(23)21-20-14(3)7-13(2)8-15(20)4/h5-9H,10-11H2,1-4H3,(H,21,23). The molecule has 0 bridgehead atoms. The first kappa shape index (κ1) is 17.0. The number of aryl methyl sites for hydroxylation is 4. The molecule has 0 fully saturated rings. The van der Waals surface area contributed by atoms with Gasteiger partial charge in [-0.3, -0.25) is 4.79 Å². The molecule has 2 aromatic rings. The number of fused-ring (bicyclic) bond motifs is 1. The lowest BCUT2D eigenvalue weighted by Gasteiger charge is -2.29. The van der Waals surface area contributed by atoms with Crippen molar-refractivity contribution in [2.75, 3.05) is 23.3 Å².